The molecule has 7 nitrogen and oxygen atoms in total. The molecule has 0 aromatic carbocycles. The summed E-state index contributed by atoms with van der Waals surface area (Å²) in [4.78, 5) is 19.4. The molecule has 0 aliphatic carbocycles. The van der Waals surface area contributed by atoms with Gasteiger partial charge in [-0.3, -0.25) is 4.79 Å². The molecule has 0 saturated carbocycles. The third-order valence-corrected chi connectivity index (χ3v) is 3.03. The summed E-state index contributed by atoms with van der Waals surface area (Å²) >= 11 is 1.41. The van der Waals surface area contributed by atoms with E-state index in [4.69, 9.17) is 10.3 Å². The molecule has 1 amide bonds. The third-order valence-electron chi connectivity index (χ3n) is 1.99. The molecule has 2 aromatic rings. The Morgan fingerprint density at radius 1 is 1.59 bits per heavy atom. The van der Waals surface area contributed by atoms with Gasteiger partial charge in [-0.05, 0) is 6.92 Å². The Morgan fingerprint density at radius 2 is 2.35 bits per heavy atom. The van der Waals surface area contributed by atoms with Crippen molar-refractivity contribution in [1.82, 2.24) is 20.4 Å². The maximum Gasteiger partial charge on any atom is 0.292 e. The van der Waals surface area contributed by atoms with Crippen LogP contribution in [0.25, 0.3) is 11.6 Å². The Balaban J connectivity index is 2.27. The molecule has 2 aromatic heterocycles. The fourth-order valence-corrected chi connectivity index (χ4v) is 1.88. The van der Waals surface area contributed by atoms with E-state index in [0.29, 0.717) is 5.69 Å². The minimum absolute atomic E-state index is 0.0159. The minimum Gasteiger partial charge on any atom is -0.352 e. The molecule has 0 aliphatic rings. The van der Waals surface area contributed by atoms with E-state index in [1.807, 2.05) is 6.92 Å². The van der Waals surface area contributed by atoms with Gasteiger partial charge in [-0.25, -0.2) is 4.98 Å². The number of carbonyl (C=O) groups excluding carboxylic acids is 1. The van der Waals surface area contributed by atoms with Crippen LogP contribution in [0.4, 0.5) is 0 Å². The van der Waals surface area contributed by atoms with E-state index < -0.39 is 5.91 Å². The second kappa shape index (κ2) is 4.60. The van der Waals surface area contributed by atoms with Crippen molar-refractivity contribution in [3.8, 4) is 11.6 Å². The molecule has 2 rings (SSSR count). The monoisotopic (exact) mass is 253 g/mol. The Labute approximate surface area is 101 Å². The highest BCUT2D eigenvalue weighted by molar-refractivity contribution is 7.10. The molecule has 8 heteroatoms. The van der Waals surface area contributed by atoms with Gasteiger partial charge in [-0.15, -0.1) is 11.3 Å². The van der Waals surface area contributed by atoms with Crippen molar-refractivity contribution in [2.75, 3.05) is 7.05 Å². The standard InChI is InChI=1S/C9H11N5O2S/c1-4(10)9-12-5(3-17-9)8-13-6(14-16-8)7(15)11-2/h3-4H,10H2,1-2H3,(H,11,15). The van der Waals surface area contributed by atoms with E-state index >= 15 is 0 Å². The van der Waals surface area contributed by atoms with Gasteiger partial charge in [0.05, 0.1) is 6.04 Å². The SMILES string of the molecule is CNC(=O)c1noc(-c2csc(C(C)N)n2)n1. The van der Waals surface area contributed by atoms with Gasteiger partial charge >= 0.3 is 0 Å². The quantitative estimate of drug-likeness (QED) is 0.828. The lowest BCUT2D eigenvalue weighted by atomic mass is 10.4. The van der Waals surface area contributed by atoms with E-state index in [9.17, 15) is 4.79 Å². The van der Waals surface area contributed by atoms with E-state index in [-0.39, 0.29) is 17.8 Å². The van der Waals surface area contributed by atoms with Gasteiger partial charge < -0.3 is 15.6 Å². The summed E-state index contributed by atoms with van der Waals surface area (Å²) < 4.78 is 4.95. The predicted octanol–water partition coefficient (Wildman–Crippen LogP) is 0.572. The Kier molecular flexibility index (Phi) is 3.16. The van der Waals surface area contributed by atoms with E-state index in [1.54, 1.807) is 5.38 Å². The molecule has 17 heavy (non-hydrogen) atoms. The fraction of sp³-hybridized carbons (Fsp3) is 0.333. The molecule has 0 bridgehead atoms. The highest BCUT2D eigenvalue weighted by atomic mass is 32.1. The van der Waals surface area contributed by atoms with Crippen LogP contribution in [0, 0.1) is 0 Å². The van der Waals surface area contributed by atoms with Gasteiger partial charge in [0, 0.05) is 12.4 Å². The molecule has 0 fully saturated rings. The fourth-order valence-electron chi connectivity index (χ4n) is 1.13. The van der Waals surface area contributed by atoms with E-state index in [0.717, 1.165) is 5.01 Å². The van der Waals surface area contributed by atoms with Crippen LogP contribution in [-0.2, 0) is 0 Å². The lowest BCUT2D eigenvalue weighted by Gasteiger charge is -1.95. The van der Waals surface area contributed by atoms with Crippen LogP contribution in [0.2, 0.25) is 0 Å². The number of hydrogen-bond acceptors (Lipinski definition) is 7. The normalized spacial score (nSPS) is 12.4. The molecular formula is C9H11N5O2S. The van der Waals surface area contributed by atoms with E-state index in [1.165, 1.54) is 18.4 Å². The Bertz CT molecular complexity index is 533. The molecule has 3 N–H and O–H groups in total. The maximum absolute atomic E-state index is 11.2. The Hall–Kier alpha value is -1.80. The van der Waals surface area contributed by atoms with Gasteiger partial charge in [-0.1, -0.05) is 5.16 Å². The van der Waals surface area contributed by atoms with Crippen molar-refractivity contribution < 1.29 is 9.32 Å². The zero-order valence-electron chi connectivity index (χ0n) is 9.30. The third kappa shape index (κ3) is 2.32. The number of hydrogen-bond donors (Lipinski definition) is 2. The summed E-state index contributed by atoms with van der Waals surface area (Å²) in [6.45, 7) is 1.84. The highest BCUT2D eigenvalue weighted by Crippen LogP contribution is 2.23. The summed E-state index contributed by atoms with van der Waals surface area (Å²) in [5.41, 5.74) is 6.23. The number of carbonyl (C=O) groups is 1. The lowest BCUT2D eigenvalue weighted by Crippen LogP contribution is -2.19. The first-order chi connectivity index (χ1) is 8.11. The number of rotatable bonds is 3. The largest absolute Gasteiger partial charge is 0.352 e. The van der Waals surface area contributed by atoms with Gasteiger partial charge in [0.1, 0.15) is 10.7 Å². The van der Waals surface area contributed by atoms with Crippen molar-refractivity contribution in [2.45, 2.75) is 13.0 Å². The van der Waals surface area contributed by atoms with Crippen LogP contribution in [0.3, 0.4) is 0 Å². The first-order valence-electron chi connectivity index (χ1n) is 4.89. The summed E-state index contributed by atoms with van der Waals surface area (Å²) in [5.74, 6) is -0.202. The number of nitrogens with one attached hydrogen (secondary N) is 1. The molecule has 1 atom stereocenters. The van der Waals surface area contributed by atoms with Crippen molar-refractivity contribution >= 4 is 17.2 Å². The summed E-state index contributed by atoms with van der Waals surface area (Å²) in [7, 11) is 1.50. The number of thiazole rings is 1. The van der Waals surface area contributed by atoms with Gasteiger partial charge in [0.15, 0.2) is 0 Å². The molecule has 1 unspecified atom stereocenters. The first-order valence-corrected chi connectivity index (χ1v) is 5.77. The minimum atomic E-state index is -0.400. The van der Waals surface area contributed by atoms with Crippen LogP contribution in [0.1, 0.15) is 28.6 Å². The summed E-state index contributed by atoms with van der Waals surface area (Å²) in [6.07, 6.45) is 0. The summed E-state index contributed by atoms with van der Waals surface area (Å²) in [5, 5.41) is 8.50. The predicted molar refractivity (Wildman–Crippen MR) is 61.4 cm³/mol. The van der Waals surface area contributed by atoms with Gasteiger partial charge in [0.25, 0.3) is 17.6 Å². The maximum atomic E-state index is 11.2. The van der Waals surface area contributed by atoms with Crippen LogP contribution in [-0.4, -0.2) is 28.1 Å². The number of nitrogens with zero attached hydrogens (tertiary/aromatic N) is 3. The van der Waals surface area contributed by atoms with Crippen molar-refractivity contribution in [3.05, 3.63) is 16.2 Å². The topological polar surface area (TPSA) is 107 Å². The Morgan fingerprint density at radius 3 is 2.94 bits per heavy atom. The average molecular weight is 253 g/mol. The molecule has 2 heterocycles. The summed E-state index contributed by atoms with van der Waals surface area (Å²) in [6, 6.07) is -0.143. The van der Waals surface area contributed by atoms with Crippen LogP contribution >= 0.6 is 11.3 Å². The smallest absolute Gasteiger partial charge is 0.292 e. The molecule has 0 radical (unpaired) electrons. The van der Waals surface area contributed by atoms with Crippen LogP contribution in [0.5, 0.6) is 0 Å². The van der Waals surface area contributed by atoms with Crippen molar-refractivity contribution in [3.63, 3.8) is 0 Å². The molecule has 0 spiro atoms. The molecular weight excluding hydrogens is 242 g/mol. The van der Waals surface area contributed by atoms with Crippen LogP contribution in [0.15, 0.2) is 9.90 Å². The zero-order chi connectivity index (χ0) is 12.4. The van der Waals surface area contributed by atoms with Crippen molar-refractivity contribution in [2.24, 2.45) is 5.73 Å². The second-order valence-electron chi connectivity index (χ2n) is 3.36. The number of amides is 1. The van der Waals surface area contributed by atoms with Gasteiger partial charge in [0.2, 0.25) is 0 Å². The first kappa shape index (κ1) is 11.7. The van der Waals surface area contributed by atoms with Crippen LogP contribution < -0.4 is 11.1 Å². The number of nitrogens with two attached hydrogens (primary N) is 1. The van der Waals surface area contributed by atoms with Crippen molar-refractivity contribution in [1.29, 1.82) is 0 Å². The lowest BCUT2D eigenvalue weighted by molar-refractivity contribution is 0.0950. The van der Waals surface area contributed by atoms with Gasteiger partial charge in [-0.2, -0.15) is 4.98 Å². The number of aromatic nitrogens is 3. The molecule has 0 saturated heterocycles. The van der Waals surface area contributed by atoms with E-state index in [2.05, 4.69) is 20.4 Å². The molecule has 0 aliphatic heterocycles. The second-order valence-corrected chi connectivity index (χ2v) is 4.25. The highest BCUT2D eigenvalue weighted by Gasteiger charge is 2.17. The average Bonchev–Trinajstić information content (AvgIpc) is 2.95. The molecule has 90 valence electrons. The zero-order valence-corrected chi connectivity index (χ0v) is 10.1.